The second kappa shape index (κ2) is 8.62. The Labute approximate surface area is 163 Å². The van der Waals surface area contributed by atoms with Gasteiger partial charge in [0.15, 0.2) is 0 Å². The van der Waals surface area contributed by atoms with Gasteiger partial charge in [0.2, 0.25) is 0 Å². The molecule has 2 amide bonds. The number of piperidine rings is 1. The number of rotatable bonds is 5. The van der Waals surface area contributed by atoms with Crippen LogP contribution < -0.4 is 10.6 Å². The molecule has 8 nitrogen and oxygen atoms in total. The van der Waals surface area contributed by atoms with Gasteiger partial charge in [-0.25, -0.2) is 14.5 Å². The van der Waals surface area contributed by atoms with Gasteiger partial charge in [-0.05, 0) is 42.7 Å². The number of hydrogen-bond donors (Lipinski definition) is 2. The van der Waals surface area contributed by atoms with Crippen LogP contribution in [-0.4, -0.2) is 49.8 Å². The van der Waals surface area contributed by atoms with Gasteiger partial charge in [0.1, 0.15) is 12.7 Å². The Balaban J connectivity index is 1.25. The summed E-state index contributed by atoms with van der Waals surface area (Å²) < 4.78 is 1.65. The zero-order valence-corrected chi connectivity index (χ0v) is 15.5. The van der Waals surface area contributed by atoms with Crippen LogP contribution in [0.25, 0.3) is 5.69 Å². The molecule has 1 aliphatic heterocycles. The topological polar surface area (TPSA) is 88.0 Å². The van der Waals surface area contributed by atoms with Gasteiger partial charge >= 0.3 is 6.03 Å². The number of anilines is 1. The zero-order chi connectivity index (χ0) is 19.2. The van der Waals surface area contributed by atoms with E-state index < -0.39 is 0 Å². The smallest absolute Gasteiger partial charge is 0.319 e. The first kappa shape index (κ1) is 18.1. The molecular weight excluding hydrogens is 354 g/mol. The molecule has 2 N–H and O–H groups in total. The van der Waals surface area contributed by atoms with E-state index in [1.807, 2.05) is 36.5 Å². The lowest BCUT2D eigenvalue weighted by molar-refractivity contribution is 0.189. The minimum absolute atomic E-state index is 0.179. The fourth-order valence-electron chi connectivity index (χ4n) is 3.41. The lowest BCUT2D eigenvalue weighted by Gasteiger charge is -2.32. The highest BCUT2D eigenvalue weighted by atomic mass is 16.2. The highest BCUT2D eigenvalue weighted by molar-refractivity contribution is 5.89. The number of nitrogens with zero attached hydrogens (tertiary/aromatic N) is 5. The van der Waals surface area contributed by atoms with Crippen LogP contribution in [0.15, 0.2) is 61.4 Å². The third-order valence-electron chi connectivity index (χ3n) is 4.84. The lowest BCUT2D eigenvalue weighted by atomic mass is 10.0. The average Bonchev–Trinajstić information content (AvgIpc) is 3.25. The van der Waals surface area contributed by atoms with Gasteiger partial charge in [-0.3, -0.25) is 9.88 Å². The van der Waals surface area contributed by atoms with Crippen molar-refractivity contribution in [3.05, 3.63) is 67.0 Å². The standard InChI is InChI=1S/C20H23N7O/c28-20(25-18-4-1-5-19(11-18)27-15-22-14-23-27)24-17-6-9-26(10-7-17)13-16-3-2-8-21-12-16/h1-5,8,11-12,14-15,17H,6-7,9-10,13H2,(H2,24,25,28). The molecule has 0 saturated carbocycles. The molecule has 144 valence electrons. The first-order valence-electron chi connectivity index (χ1n) is 9.40. The molecule has 0 bridgehead atoms. The Morgan fingerprint density at radius 1 is 1.14 bits per heavy atom. The molecule has 4 rings (SSSR count). The maximum Gasteiger partial charge on any atom is 0.319 e. The Hall–Kier alpha value is -3.26. The lowest BCUT2D eigenvalue weighted by Crippen LogP contribution is -2.45. The molecule has 0 spiro atoms. The maximum atomic E-state index is 12.4. The minimum Gasteiger partial charge on any atom is -0.335 e. The molecule has 0 unspecified atom stereocenters. The first-order chi connectivity index (χ1) is 13.8. The Morgan fingerprint density at radius 3 is 2.79 bits per heavy atom. The Morgan fingerprint density at radius 2 is 2.04 bits per heavy atom. The summed E-state index contributed by atoms with van der Waals surface area (Å²) in [5, 5.41) is 10.1. The van der Waals surface area contributed by atoms with E-state index in [9.17, 15) is 4.79 Å². The molecule has 1 aromatic carbocycles. The number of aromatic nitrogens is 4. The van der Waals surface area contributed by atoms with Crippen LogP contribution in [-0.2, 0) is 6.54 Å². The monoisotopic (exact) mass is 377 g/mol. The van der Waals surface area contributed by atoms with Crippen LogP contribution in [0.3, 0.4) is 0 Å². The summed E-state index contributed by atoms with van der Waals surface area (Å²) in [5.41, 5.74) is 2.79. The predicted octanol–water partition coefficient (Wildman–Crippen LogP) is 2.45. The van der Waals surface area contributed by atoms with E-state index in [4.69, 9.17) is 0 Å². The molecule has 0 aliphatic carbocycles. The van der Waals surface area contributed by atoms with Crippen LogP contribution in [0, 0.1) is 0 Å². The van der Waals surface area contributed by atoms with Gasteiger partial charge in [0, 0.05) is 43.8 Å². The van der Waals surface area contributed by atoms with Crippen molar-refractivity contribution in [1.29, 1.82) is 0 Å². The summed E-state index contributed by atoms with van der Waals surface area (Å²) in [5.74, 6) is 0. The number of likely N-dealkylation sites (tertiary alicyclic amines) is 1. The van der Waals surface area contributed by atoms with E-state index in [0.29, 0.717) is 0 Å². The largest absolute Gasteiger partial charge is 0.335 e. The van der Waals surface area contributed by atoms with Crippen molar-refractivity contribution in [3.63, 3.8) is 0 Å². The molecular formula is C20H23N7O. The number of amides is 2. The summed E-state index contributed by atoms with van der Waals surface area (Å²) in [4.78, 5) is 22.9. The fraction of sp³-hybridized carbons (Fsp3) is 0.300. The van der Waals surface area contributed by atoms with Gasteiger partial charge in [-0.15, -0.1) is 0 Å². The Kier molecular flexibility index (Phi) is 5.58. The van der Waals surface area contributed by atoms with Crippen molar-refractivity contribution in [2.45, 2.75) is 25.4 Å². The van der Waals surface area contributed by atoms with Crippen molar-refractivity contribution in [2.75, 3.05) is 18.4 Å². The van der Waals surface area contributed by atoms with Crippen molar-refractivity contribution in [3.8, 4) is 5.69 Å². The predicted molar refractivity (Wildman–Crippen MR) is 106 cm³/mol. The molecule has 1 saturated heterocycles. The highest BCUT2D eigenvalue weighted by Gasteiger charge is 2.20. The SMILES string of the molecule is O=C(Nc1cccc(-n2cncn2)c1)NC1CCN(Cc2cccnc2)CC1. The third-order valence-corrected chi connectivity index (χ3v) is 4.84. The van der Waals surface area contributed by atoms with E-state index in [-0.39, 0.29) is 12.1 Å². The van der Waals surface area contributed by atoms with Gasteiger partial charge < -0.3 is 10.6 Å². The number of benzene rings is 1. The fourth-order valence-corrected chi connectivity index (χ4v) is 3.41. The van der Waals surface area contributed by atoms with Crippen molar-refractivity contribution < 1.29 is 4.79 Å². The highest BCUT2D eigenvalue weighted by Crippen LogP contribution is 2.15. The second-order valence-corrected chi connectivity index (χ2v) is 6.90. The number of hydrogen-bond acceptors (Lipinski definition) is 5. The minimum atomic E-state index is -0.179. The number of pyridine rings is 1. The van der Waals surface area contributed by atoms with Crippen molar-refractivity contribution in [1.82, 2.24) is 30.0 Å². The first-order valence-corrected chi connectivity index (χ1v) is 9.40. The van der Waals surface area contributed by atoms with E-state index in [1.54, 1.807) is 17.2 Å². The number of urea groups is 1. The van der Waals surface area contributed by atoms with E-state index in [0.717, 1.165) is 43.9 Å². The van der Waals surface area contributed by atoms with Crippen LogP contribution in [0.2, 0.25) is 0 Å². The molecule has 0 radical (unpaired) electrons. The molecule has 3 heterocycles. The number of carbonyl (C=O) groups excluding carboxylic acids is 1. The third kappa shape index (κ3) is 4.72. The van der Waals surface area contributed by atoms with E-state index >= 15 is 0 Å². The molecule has 28 heavy (non-hydrogen) atoms. The number of carbonyl (C=O) groups is 1. The van der Waals surface area contributed by atoms with E-state index in [1.165, 1.54) is 11.9 Å². The summed E-state index contributed by atoms with van der Waals surface area (Å²) in [6, 6.07) is 11.6. The molecule has 8 heteroatoms. The van der Waals surface area contributed by atoms with Crippen LogP contribution in [0.1, 0.15) is 18.4 Å². The maximum absolute atomic E-state index is 12.4. The van der Waals surface area contributed by atoms with Crippen LogP contribution in [0.5, 0.6) is 0 Å². The van der Waals surface area contributed by atoms with Gasteiger partial charge in [-0.1, -0.05) is 12.1 Å². The van der Waals surface area contributed by atoms with Crippen LogP contribution >= 0.6 is 0 Å². The van der Waals surface area contributed by atoms with Gasteiger partial charge in [-0.2, -0.15) is 5.10 Å². The molecule has 2 aromatic heterocycles. The zero-order valence-electron chi connectivity index (χ0n) is 15.5. The van der Waals surface area contributed by atoms with E-state index in [2.05, 4.69) is 36.7 Å². The molecule has 1 fully saturated rings. The second-order valence-electron chi connectivity index (χ2n) is 6.90. The normalized spacial score (nSPS) is 15.3. The average molecular weight is 377 g/mol. The van der Waals surface area contributed by atoms with Gasteiger partial charge in [0.05, 0.1) is 5.69 Å². The van der Waals surface area contributed by atoms with Crippen LogP contribution in [0.4, 0.5) is 10.5 Å². The van der Waals surface area contributed by atoms with Crippen molar-refractivity contribution in [2.24, 2.45) is 0 Å². The summed E-state index contributed by atoms with van der Waals surface area (Å²) in [7, 11) is 0. The summed E-state index contributed by atoms with van der Waals surface area (Å²) in [6.45, 7) is 2.82. The quantitative estimate of drug-likeness (QED) is 0.713. The molecule has 1 aliphatic rings. The summed E-state index contributed by atoms with van der Waals surface area (Å²) >= 11 is 0. The molecule has 3 aromatic rings. The Bertz CT molecular complexity index is 890. The van der Waals surface area contributed by atoms with Crippen molar-refractivity contribution >= 4 is 11.7 Å². The van der Waals surface area contributed by atoms with Gasteiger partial charge in [0.25, 0.3) is 0 Å². The summed E-state index contributed by atoms with van der Waals surface area (Å²) in [6.07, 6.45) is 8.68. The number of nitrogens with one attached hydrogen (secondary N) is 2. The molecule has 0 atom stereocenters.